The van der Waals surface area contributed by atoms with Crippen LogP contribution in [0.2, 0.25) is 0 Å². The summed E-state index contributed by atoms with van der Waals surface area (Å²) in [6, 6.07) is 0.615. The molecule has 0 aromatic heterocycles. The Hall–Kier alpha value is -0.530. The van der Waals surface area contributed by atoms with Gasteiger partial charge < -0.3 is 5.32 Å². The van der Waals surface area contributed by atoms with Crippen LogP contribution in [-0.2, 0) is 0 Å². The van der Waals surface area contributed by atoms with Crippen molar-refractivity contribution in [3.63, 3.8) is 0 Å². The Labute approximate surface area is 95.9 Å². The average Bonchev–Trinajstić information content (AvgIpc) is 2.40. The van der Waals surface area contributed by atoms with Gasteiger partial charge in [0.15, 0.2) is 0 Å². The molecular formula is C13H16ClN. The summed E-state index contributed by atoms with van der Waals surface area (Å²) < 4.78 is 0. The molecule has 2 heteroatoms. The van der Waals surface area contributed by atoms with Gasteiger partial charge in [-0.15, -0.1) is 0 Å². The van der Waals surface area contributed by atoms with Crippen LogP contribution in [0.4, 0.5) is 0 Å². The van der Waals surface area contributed by atoms with Gasteiger partial charge in [-0.3, -0.25) is 0 Å². The van der Waals surface area contributed by atoms with E-state index in [9.17, 15) is 0 Å². The third-order valence-corrected chi connectivity index (χ3v) is 4.10. The van der Waals surface area contributed by atoms with E-state index in [2.05, 4.69) is 24.4 Å². The first-order chi connectivity index (χ1) is 7.25. The Kier molecular flexibility index (Phi) is 2.26. The molecule has 0 saturated carbocycles. The lowest BCUT2D eigenvalue weighted by molar-refractivity contribution is 0.443. The van der Waals surface area contributed by atoms with Gasteiger partial charge >= 0.3 is 0 Å². The van der Waals surface area contributed by atoms with Gasteiger partial charge in [-0.25, -0.2) is 0 Å². The van der Waals surface area contributed by atoms with Crippen LogP contribution < -0.4 is 5.32 Å². The number of rotatable bonds is 0. The molecule has 2 aliphatic carbocycles. The molecule has 1 heterocycles. The highest BCUT2D eigenvalue weighted by molar-refractivity contribution is 6.33. The summed E-state index contributed by atoms with van der Waals surface area (Å²) in [5.74, 6) is 0.734. The second kappa shape index (κ2) is 3.50. The lowest BCUT2D eigenvalue weighted by Gasteiger charge is -2.24. The van der Waals surface area contributed by atoms with E-state index >= 15 is 0 Å². The molecule has 1 aliphatic heterocycles. The lowest BCUT2D eigenvalue weighted by Crippen LogP contribution is -2.27. The van der Waals surface area contributed by atoms with Crippen molar-refractivity contribution >= 4 is 11.6 Å². The molecule has 0 spiro atoms. The van der Waals surface area contributed by atoms with Crippen molar-refractivity contribution in [2.24, 2.45) is 5.92 Å². The minimum absolute atomic E-state index is 0.615. The first-order valence-corrected chi connectivity index (χ1v) is 6.18. The summed E-state index contributed by atoms with van der Waals surface area (Å²) in [6.45, 7) is 3.22. The van der Waals surface area contributed by atoms with Gasteiger partial charge in [-0.1, -0.05) is 17.7 Å². The standard InChI is InChI=1S/C13H16ClN/c1-8-5-9-3-2-4-10-6-12(14)11(7-15-8)13(9)10/h4,6,8-9,15H,2-3,5,7H2,1H3/t8-,9-/m0/s1. The van der Waals surface area contributed by atoms with Crippen LogP contribution in [0.3, 0.4) is 0 Å². The molecule has 80 valence electrons. The summed E-state index contributed by atoms with van der Waals surface area (Å²) >= 11 is 6.29. The Morgan fingerprint density at radius 1 is 1.47 bits per heavy atom. The van der Waals surface area contributed by atoms with Crippen molar-refractivity contribution in [1.82, 2.24) is 5.32 Å². The second-order valence-electron chi connectivity index (χ2n) is 4.84. The van der Waals surface area contributed by atoms with Crippen molar-refractivity contribution in [3.05, 3.63) is 33.9 Å². The topological polar surface area (TPSA) is 12.0 Å². The number of halogens is 1. The lowest BCUT2D eigenvalue weighted by atomic mass is 9.81. The molecule has 3 rings (SSSR count). The van der Waals surface area contributed by atoms with Crippen LogP contribution in [0.1, 0.15) is 26.2 Å². The fourth-order valence-electron chi connectivity index (χ4n) is 3.04. The normalized spacial score (nSPS) is 34.5. The first kappa shape index (κ1) is 9.68. The molecule has 1 nitrogen and oxygen atoms in total. The molecule has 0 fully saturated rings. The van der Waals surface area contributed by atoms with E-state index in [1.165, 1.54) is 30.4 Å². The summed E-state index contributed by atoms with van der Waals surface area (Å²) in [7, 11) is 0. The number of allylic oxidation sites excluding steroid dienone is 4. The first-order valence-electron chi connectivity index (χ1n) is 5.80. The molecule has 0 amide bonds. The highest BCUT2D eigenvalue weighted by atomic mass is 35.5. The summed E-state index contributed by atoms with van der Waals surface area (Å²) in [4.78, 5) is 0. The molecule has 0 aromatic carbocycles. The van der Waals surface area contributed by atoms with Crippen LogP contribution in [0, 0.1) is 5.92 Å². The maximum Gasteiger partial charge on any atom is 0.0459 e. The van der Waals surface area contributed by atoms with Gasteiger partial charge in [-0.2, -0.15) is 0 Å². The highest BCUT2D eigenvalue weighted by Crippen LogP contribution is 2.44. The number of hydrogen-bond donors (Lipinski definition) is 1. The molecule has 1 N–H and O–H groups in total. The van der Waals surface area contributed by atoms with E-state index in [1.807, 2.05) is 0 Å². The zero-order valence-electron chi connectivity index (χ0n) is 9.02. The van der Waals surface area contributed by atoms with Crippen molar-refractivity contribution < 1.29 is 0 Å². The maximum absolute atomic E-state index is 6.29. The van der Waals surface area contributed by atoms with E-state index in [-0.39, 0.29) is 0 Å². The van der Waals surface area contributed by atoms with Crippen molar-refractivity contribution in [1.29, 1.82) is 0 Å². The molecule has 0 radical (unpaired) electrons. The van der Waals surface area contributed by atoms with E-state index in [4.69, 9.17) is 11.6 Å². The molecule has 0 aromatic rings. The van der Waals surface area contributed by atoms with Gasteiger partial charge in [0.2, 0.25) is 0 Å². The maximum atomic E-state index is 6.29. The fourth-order valence-corrected chi connectivity index (χ4v) is 3.33. The molecule has 0 bridgehead atoms. The predicted octanol–water partition coefficient (Wildman–Crippen LogP) is 3.14. The van der Waals surface area contributed by atoms with E-state index < -0.39 is 0 Å². The number of hydrogen-bond acceptors (Lipinski definition) is 1. The van der Waals surface area contributed by atoms with E-state index in [0.717, 1.165) is 17.5 Å². The van der Waals surface area contributed by atoms with Gasteiger partial charge in [0.05, 0.1) is 0 Å². The molecule has 2 atom stereocenters. The SMILES string of the molecule is C[C@H]1C[C@@H]2CCC=C3C=C(Cl)C(=C32)CN1. The van der Waals surface area contributed by atoms with Gasteiger partial charge in [0, 0.05) is 17.6 Å². The summed E-state index contributed by atoms with van der Waals surface area (Å²) in [5.41, 5.74) is 4.31. The smallest absolute Gasteiger partial charge is 0.0459 e. The second-order valence-corrected chi connectivity index (χ2v) is 5.24. The van der Waals surface area contributed by atoms with Crippen molar-refractivity contribution in [2.45, 2.75) is 32.2 Å². The van der Waals surface area contributed by atoms with Crippen LogP contribution in [0.5, 0.6) is 0 Å². The molecule has 3 aliphatic rings. The summed E-state index contributed by atoms with van der Waals surface area (Å²) in [6.07, 6.45) is 8.26. The Bertz CT molecular complexity index is 389. The molecule has 0 saturated heterocycles. The Morgan fingerprint density at radius 3 is 3.20 bits per heavy atom. The third-order valence-electron chi connectivity index (χ3n) is 3.76. The Morgan fingerprint density at radius 2 is 2.33 bits per heavy atom. The zero-order valence-corrected chi connectivity index (χ0v) is 9.77. The van der Waals surface area contributed by atoms with Crippen LogP contribution in [0.15, 0.2) is 33.9 Å². The van der Waals surface area contributed by atoms with Crippen molar-refractivity contribution in [3.8, 4) is 0 Å². The Balaban J connectivity index is 2.07. The largest absolute Gasteiger partial charge is 0.310 e. The summed E-state index contributed by atoms with van der Waals surface area (Å²) in [5, 5.41) is 4.51. The van der Waals surface area contributed by atoms with E-state index in [1.54, 1.807) is 5.57 Å². The van der Waals surface area contributed by atoms with Crippen molar-refractivity contribution in [2.75, 3.05) is 6.54 Å². The van der Waals surface area contributed by atoms with E-state index in [0.29, 0.717) is 6.04 Å². The highest BCUT2D eigenvalue weighted by Gasteiger charge is 2.32. The van der Waals surface area contributed by atoms with Crippen LogP contribution in [0.25, 0.3) is 0 Å². The molecule has 15 heavy (non-hydrogen) atoms. The van der Waals surface area contributed by atoms with Gasteiger partial charge in [-0.05, 0) is 54.9 Å². The quantitative estimate of drug-likeness (QED) is 0.663. The minimum Gasteiger partial charge on any atom is -0.310 e. The third kappa shape index (κ3) is 1.49. The molecule has 0 unspecified atom stereocenters. The average molecular weight is 222 g/mol. The monoisotopic (exact) mass is 221 g/mol. The minimum atomic E-state index is 0.615. The predicted molar refractivity (Wildman–Crippen MR) is 63.9 cm³/mol. The zero-order chi connectivity index (χ0) is 10.4. The van der Waals surface area contributed by atoms with Crippen LogP contribution in [-0.4, -0.2) is 12.6 Å². The number of nitrogens with one attached hydrogen (secondary N) is 1. The van der Waals surface area contributed by atoms with Gasteiger partial charge in [0.1, 0.15) is 0 Å². The molecular weight excluding hydrogens is 206 g/mol. The van der Waals surface area contributed by atoms with Crippen LogP contribution >= 0.6 is 11.6 Å². The van der Waals surface area contributed by atoms with Gasteiger partial charge in [0.25, 0.3) is 0 Å². The fraction of sp³-hybridized carbons (Fsp3) is 0.538.